The predicted octanol–water partition coefficient (Wildman–Crippen LogP) is 5.91. The van der Waals surface area contributed by atoms with E-state index in [1.165, 1.54) is 42.3 Å². The van der Waals surface area contributed by atoms with Gasteiger partial charge in [0.05, 0.1) is 12.7 Å². The van der Waals surface area contributed by atoms with E-state index in [-0.39, 0.29) is 17.9 Å². The number of rotatable bonds is 6. The van der Waals surface area contributed by atoms with Crippen molar-refractivity contribution in [2.45, 2.75) is 19.5 Å². The summed E-state index contributed by atoms with van der Waals surface area (Å²) in [5.41, 5.74) is 0.728. The van der Waals surface area contributed by atoms with Gasteiger partial charge in [0.15, 0.2) is 22.9 Å². The van der Waals surface area contributed by atoms with Crippen molar-refractivity contribution in [2.75, 3.05) is 7.11 Å². The number of nitrogens with zero attached hydrogens (tertiary/aromatic N) is 1. The van der Waals surface area contributed by atoms with Crippen LogP contribution in [-0.2, 0) is 11.3 Å². The lowest BCUT2D eigenvalue weighted by molar-refractivity contribution is -0.130. The van der Waals surface area contributed by atoms with Crippen molar-refractivity contribution in [3.63, 3.8) is 0 Å². The van der Waals surface area contributed by atoms with Crippen LogP contribution in [-0.4, -0.2) is 28.8 Å². The molecule has 1 atom stereocenters. The minimum Gasteiger partial charge on any atom is -0.503 e. The Morgan fingerprint density at radius 2 is 1.89 bits per heavy atom. The Morgan fingerprint density at radius 1 is 1.14 bits per heavy atom. The van der Waals surface area contributed by atoms with Crippen LogP contribution in [0.2, 0.25) is 5.02 Å². The summed E-state index contributed by atoms with van der Waals surface area (Å²) in [4.78, 5) is 28.0. The zero-order valence-electron chi connectivity index (χ0n) is 18.7. The van der Waals surface area contributed by atoms with Gasteiger partial charge >= 0.3 is 0 Å². The number of hydrogen-bond acceptors (Lipinski definition) is 6. The first kappa shape index (κ1) is 22.7. The summed E-state index contributed by atoms with van der Waals surface area (Å²) in [5, 5.41) is 11.7. The van der Waals surface area contributed by atoms with Crippen molar-refractivity contribution in [1.29, 1.82) is 0 Å². The second-order valence-corrected chi connectivity index (χ2v) is 8.58. The summed E-state index contributed by atoms with van der Waals surface area (Å²) < 4.78 is 30.2. The molecule has 0 fully saturated rings. The zero-order valence-corrected chi connectivity index (χ0v) is 19.4. The highest BCUT2D eigenvalue weighted by Crippen LogP contribution is 2.42. The van der Waals surface area contributed by atoms with E-state index in [4.69, 9.17) is 25.2 Å². The Bertz CT molecular complexity index is 1500. The van der Waals surface area contributed by atoms with Crippen LogP contribution in [0.5, 0.6) is 5.75 Å². The number of Topliss-reactive ketones (excluding diaryl/α,β-unsaturated/α-hetero) is 1. The fourth-order valence-electron chi connectivity index (χ4n) is 4.21. The van der Waals surface area contributed by atoms with Crippen molar-refractivity contribution < 1.29 is 32.7 Å². The topological polar surface area (TPSA) is 93.1 Å². The van der Waals surface area contributed by atoms with Crippen molar-refractivity contribution >= 4 is 34.3 Å². The summed E-state index contributed by atoms with van der Waals surface area (Å²) in [7, 11) is 1.45. The molecule has 1 N–H and O–H groups in total. The first-order chi connectivity index (χ1) is 16.8. The fraction of sp³-hybridized carbons (Fsp3) is 0.154. The number of fused-ring (bicyclic) bond motifs is 1. The van der Waals surface area contributed by atoms with E-state index in [0.717, 1.165) is 0 Å². The summed E-state index contributed by atoms with van der Waals surface area (Å²) in [6.45, 7) is 1.73. The molecule has 0 aliphatic carbocycles. The normalized spacial score (nSPS) is 15.9. The lowest BCUT2D eigenvalue weighted by Crippen LogP contribution is -2.30. The number of carbonyl (C=O) groups is 2. The molecule has 35 heavy (non-hydrogen) atoms. The van der Waals surface area contributed by atoms with E-state index in [1.807, 2.05) is 0 Å². The smallest absolute Gasteiger partial charge is 0.290 e. The van der Waals surface area contributed by atoms with Gasteiger partial charge in [0.2, 0.25) is 5.78 Å². The Balaban J connectivity index is 1.59. The number of halogens is 2. The minimum atomic E-state index is -1.02. The number of furan rings is 2. The number of aliphatic hydroxyl groups excluding tert-OH is 1. The molecular formula is C26H19ClFNO6. The molecule has 7 nitrogen and oxygen atoms in total. The van der Waals surface area contributed by atoms with E-state index < -0.39 is 29.3 Å². The number of amides is 1. The first-order valence-electron chi connectivity index (χ1n) is 10.6. The summed E-state index contributed by atoms with van der Waals surface area (Å²) >= 11 is 6.13. The van der Waals surface area contributed by atoms with Crippen LogP contribution in [0.3, 0.4) is 0 Å². The average Bonchev–Trinajstić information content (AvgIpc) is 3.52. The molecule has 0 radical (unpaired) electrons. The van der Waals surface area contributed by atoms with E-state index in [0.29, 0.717) is 38.8 Å². The lowest BCUT2D eigenvalue weighted by Gasteiger charge is -2.24. The number of hydrogen-bond donors (Lipinski definition) is 1. The van der Waals surface area contributed by atoms with E-state index in [9.17, 15) is 19.1 Å². The highest BCUT2D eigenvalue weighted by molar-refractivity contribution is 6.31. The van der Waals surface area contributed by atoms with Gasteiger partial charge in [-0.25, -0.2) is 4.39 Å². The molecule has 3 heterocycles. The first-order valence-corrected chi connectivity index (χ1v) is 11.0. The predicted molar refractivity (Wildman–Crippen MR) is 125 cm³/mol. The van der Waals surface area contributed by atoms with Gasteiger partial charge in [0.25, 0.3) is 5.91 Å². The third-order valence-corrected chi connectivity index (χ3v) is 6.05. The van der Waals surface area contributed by atoms with E-state index in [1.54, 1.807) is 31.2 Å². The van der Waals surface area contributed by atoms with Gasteiger partial charge in [0, 0.05) is 23.0 Å². The van der Waals surface area contributed by atoms with Gasteiger partial charge in [-0.1, -0.05) is 23.7 Å². The number of ketones is 1. The molecule has 0 spiro atoms. The highest BCUT2D eigenvalue weighted by Gasteiger charge is 2.46. The standard InChI is InChI=1S/C26H19ClFNO6/c1-13-3-8-18(34-13)22-21(24(31)26(32)29(22)12-14-4-6-17(28)7-5-14)23(30)19-10-15-9-16(27)11-20(33-2)25(15)35-19/h3-11,22,31H,12H2,1-2H3. The van der Waals surface area contributed by atoms with Gasteiger partial charge in [0.1, 0.15) is 23.4 Å². The SMILES string of the molecule is COc1cc(Cl)cc2cc(C(=O)C3=C(O)C(=O)N(Cc4ccc(F)cc4)C3c3ccc(C)o3)oc12. The third kappa shape index (κ3) is 3.95. The third-order valence-electron chi connectivity index (χ3n) is 5.84. The molecule has 1 unspecified atom stereocenters. The molecule has 2 aromatic carbocycles. The highest BCUT2D eigenvalue weighted by atomic mass is 35.5. The van der Waals surface area contributed by atoms with Gasteiger partial charge in [-0.05, 0) is 48.9 Å². The Kier molecular flexibility index (Phi) is 5.61. The van der Waals surface area contributed by atoms with Gasteiger partial charge < -0.3 is 23.6 Å². The number of carbonyl (C=O) groups excluding carboxylic acids is 2. The van der Waals surface area contributed by atoms with Gasteiger partial charge in [-0.3, -0.25) is 9.59 Å². The molecule has 178 valence electrons. The van der Waals surface area contributed by atoms with Crippen LogP contribution >= 0.6 is 11.6 Å². The molecule has 5 rings (SSSR count). The van der Waals surface area contributed by atoms with Gasteiger partial charge in [-0.2, -0.15) is 0 Å². The quantitative estimate of drug-likeness (QED) is 0.334. The van der Waals surface area contributed by atoms with E-state index >= 15 is 0 Å². The number of aliphatic hydroxyl groups is 1. The molecule has 9 heteroatoms. The maximum absolute atomic E-state index is 13.6. The molecule has 0 saturated carbocycles. The van der Waals surface area contributed by atoms with Crippen molar-refractivity contribution in [1.82, 2.24) is 4.90 Å². The Morgan fingerprint density at radius 3 is 2.54 bits per heavy atom. The molecule has 0 bridgehead atoms. The zero-order chi connectivity index (χ0) is 24.9. The average molecular weight is 496 g/mol. The minimum absolute atomic E-state index is 0.00787. The van der Waals surface area contributed by atoms with Crippen LogP contribution in [0.4, 0.5) is 4.39 Å². The number of benzene rings is 2. The number of methoxy groups -OCH3 is 1. The molecule has 2 aromatic heterocycles. The van der Waals surface area contributed by atoms with Crippen LogP contribution in [0.1, 0.15) is 33.7 Å². The summed E-state index contributed by atoms with van der Waals surface area (Å²) in [6.07, 6.45) is 0. The maximum atomic E-state index is 13.6. The second kappa shape index (κ2) is 8.63. The van der Waals surface area contributed by atoms with Crippen LogP contribution < -0.4 is 4.74 Å². The van der Waals surface area contributed by atoms with Crippen molar-refractivity contribution in [2.24, 2.45) is 0 Å². The Labute approximate surface area is 203 Å². The lowest BCUT2D eigenvalue weighted by atomic mass is 9.99. The van der Waals surface area contributed by atoms with Crippen molar-refractivity contribution in [3.05, 3.63) is 99.6 Å². The Hall–Kier alpha value is -4.04. The number of aryl methyl sites for hydroxylation is 1. The molecular weight excluding hydrogens is 477 g/mol. The van der Waals surface area contributed by atoms with Crippen LogP contribution in [0.25, 0.3) is 11.0 Å². The number of ether oxygens (including phenoxy) is 1. The van der Waals surface area contributed by atoms with Crippen LogP contribution in [0, 0.1) is 12.7 Å². The molecule has 1 aliphatic heterocycles. The largest absolute Gasteiger partial charge is 0.503 e. The summed E-state index contributed by atoms with van der Waals surface area (Å²) in [5.74, 6) is -1.48. The molecule has 4 aromatic rings. The molecule has 1 amide bonds. The monoisotopic (exact) mass is 495 g/mol. The van der Waals surface area contributed by atoms with Gasteiger partial charge in [-0.15, -0.1) is 0 Å². The molecule has 1 aliphatic rings. The van der Waals surface area contributed by atoms with Crippen molar-refractivity contribution in [3.8, 4) is 5.75 Å². The van der Waals surface area contributed by atoms with E-state index in [2.05, 4.69) is 0 Å². The maximum Gasteiger partial charge on any atom is 0.290 e. The second-order valence-electron chi connectivity index (χ2n) is 8.14. The molecule has 0 saturated heterocycles. The van der Waals surface area contributed by atoms with Crippen LogP contribution in [0.15, 0.2) is 74.8 Å². The fourth-order valence-corrected chi connectivity index (χ4v) is 4.43. The summed E-state index contributed by atoms with van der Waals surface area (Å²) in [6, 6.07) is 12.6.